The number of β-amino-alcohol motifs (C(OH)–C–C–N with tert-alkyl or cyclic N) is 1. The van der Waals surface area contributed by atoms with Crippen LogP contribution < -0.4 is 0 Å². The molecule has 140 valence electrons. The maximum absolute atomic E-state index is 12.6. The van der Waals surface area contributed by atoms with E-state index in [1.54, 1.807) is 0 Å². The Bertz CT molecular complexity index is 556. The van der Waals surface area contributed by atoms with Crippen molar-refractivity contribution >= 4 is 0 Å². The van der Waals surface area contributed by atoms with Gasteiger partial charge in [-0.1, -0.05) is 12.1 Å². The Balaban J connectivity index is 1.53. The van der Waals surface area contributed by atoms with Crippen LogP contribution >= 0.6 is 0 Å². The summed E-state index contributed by atoms with van der Waals surface area (Å²) in [6.07, 6.45) is -2.68. The van der Waals surface area contributed by atoms with Crippen LogP contribution in [0.25, 0.3) is 0 Å². The number of nitrogens with zero attached hydrogens (tertiary/aromatic N) is 2. The lowest BCUT2D eigenvalue weighted by Gasteiger charge is -2.43. The van der Waals surface area contributed by atoms with E-state index in [4.69, 9.17) is 0 Å². The van der Waals surface area contributed by atoms with Crippen LogP contribution in [0, 0.1) is 0 Å². The largest absolute Gasteiger partial charge is 0.416 e. The maximum Gasteiger partial charge on any atom is 0.416 e. The van der Waals surface area contributed by atoms with E-state index in [1.807, 2.05) is 0 Å². The number of hydrogen-bond donors (Lipinski definition) is 2. The molecule has 25 heavy (non-hydrogen) atoms. The molecule has 2 aliphatic heterocycles. The molecule has 0 bridgehead atoms. The zero-order chi connectivity index (χ0) is 18.0. The molecule has 4 nitrogen and oxygen atoms in total. The Hall–Kier alpha value is -1.15. The molecule has 2 aliphatic rings. The molecule has 2 heterocycles. The van der Waals surface area contributed by atoms with Gasteiger partial charge in [0.2, 0.25) is 0 Å². The summed E-state index contributed by atoms with van der Waals surface area (Å²) in [7, 11) is 0. The van der Waals surface area contributed by atoms with Crippen molar-refractivity contribution in [2.45, 2.75) is 50.2 Å². The summed E-state index contributed by atoms with van der Waals surface area (Å²) in [5.74, 6) is 0. The first-order chi connectivity index (χ1) is 11.8. The van der Waals surface area contributed by atoms with Gasteiger partial charge in [0.15, 0.2) is 0 Å². The standard InChI is InChI=1S/C18H25F3N2O2/c19-18(20,21)14-3-1-13(2-4-14)11-22-8-7-16(17(25)12-22)23-9-5-15(24)6-10-23/h1-4,15-17,24-25H,5-12H2/t16-,17-/m1/s1. The lowest BCUT2D eigenvalue weighted by molar-refractivity contribution is -0.137. The monoisotopic (exact) mass is 358 g/mol. The normalized spacial score (nSPS) is 27.6. The quantitative estimate of drug-likeness (QED) is 0.869. The van der Waals surface area contributed by atoms with Gasteiger partial charge in [-0.05, 0) is 37.0 Å². The van der Waals surface area contributed by atoms with Crippen LogP contribution in [-0.4, -0.2) is 64.4 Å². The average molecular weight is 358 g/mol. The van der Waals surface area contributed by atoms with E-state index in [1.165, 1.54) is 12.1 Å². The molecule has 0 saturated carbocycles. The Kier molecular flexibility index (Phi) is 5.68. The predicted octanol–water partition coefficient (Wildman–Crippen LogP) is 2.10. The predicted molar refractivity (Wildman–Crippen MR) is 87.9 cm³/mol. The van der Waals surface area contributed by atoms with E-state index in [-0.39, 0.29) is 12.1 Å². The van der Waals surface area contributed by atoms with Crippen molar-refractivity contribution in [1.82, 2.24) is 9.80 Å². The molecule has 0 spiro atoms. The number of aliphatic hydroxyl groups excluding tert-OH is 2. The molecule has 0 amide bonds. The van der Waals surface area contributed by atoms with Crippen LogP contribution in [0.3, 0.4) is 0 Å². The van der Waals surface area contributed by atoms with Crippen LogP contribution in [0.15, 0.2) is 24.3 Å². The molecule has 0 unspecified atom stereocenters. The van der Waals surface area contributed by atoms with E-state index >= 15 is 0 Å². The van der Waals surface area contributed by atoms with Crippen LogP contribution in [0.1, 0.15) is 30.4 Å². The zero-order valence-electron chi connectivity index (χ0n) is 14.1. The second kappa shape index (κ2) is 7.61. The molecular weight excluding hydrogens is 333 g/mol. The number of benzene rings is 1. The third-order valence-corrected chi connectivity index (χ3v) is 5.29. The molecule has 0 aliphatic carbocycles. The van der Waals surface area contributed by atoms with E-state index in [0.29, 0.717) is 13.1 Å². The number of halogens is 3. The van der Waals surface area contributed by atoms with Gasteiger partial charge < -0.3 is 10.2 Å². The molecule has 0 aromatic heterocycles. The zero-order valence-corrected chi connectivity index (χ0v) is 14.1. The summed E-state index contributed by atoms with van der Waals surface area (Å²) < 4.78 is 37.8. The van der Waals surface area contributed by atoms with Crippen LogP contribution in [0.4, 0.5) is 13.2 Å². The van der Waals surface area contributed by atoms with E-state index in [0.717, 1.165) is 56.6 Å². The summed E-state index contributed by atoms with van der Waals surface area (Å²) in [5.41, 5.74) is 0.182. The Morgan fingerprint density at radius 3 is 2.16 bits per heavy atom. The van der Waals surface area contributed by atoms with Gasteiger partial charge in [0.25, 0.3) is 0 Å². The van der Waals surface area contributed by atoms with Gasteiger partial charge in [0.05, 0.1) is 17.8 Å². The van der Waals surface area contributed by atoms with Crippen LogP contribution in [0.5, 0.6) is 0 Å². The molecule has 2 saturated heterocycles. The first kappa shape index (κ1) is 18.6. The van der Waals surface area contributed by atoms with Gasteiger partial charge in [-0.15, -0.1) is 0 Å². The Labute approximate surface area is 145 Å². The van der Waals surface area contributed by atoms with Gasteiger partial charge in [-0.2, -0.15) is 13.2 Å². The highest BCUT2D eigenvalue weighted by atomic mass is 19.4. The SMILES string of the molecule is OC1CCN([C@@H]2CCN(Cc3ccc(C(F)(F)F)cc3)C[C@H]2O)CC1. The highest BCUT2D eigenvalue weighted by Gasteiger charge is 2.34. The molecule has 0 radical (unpaired) electrons. The minimum absolute atomic E-state index is 0.108. The second-order valence-electron chi connectivity index (χ2n) is 7.12. The third-order valence-electron chi connectivity index (χ3n) is 5.29. The third kappa shape index (κ3) is 4.73. The van der Waals surface area contributed by atoms with Gasteiger partial charge in [-0.25, -0.2) is 0 Å². The minimum Gasteiger partial charge on any atom is -0.393 e. The molecule has 2 fully saturated rings. The lowest BCUT2D eigenvalue weighted by Crippen LogP contribution is -2.55. The number of likely N-dealkylation sites (tertiary alicyclic amines) is 2. The molecular formula is C18H25F3N2O2. The molecule has 2 atom stereocenters. The summed E-state index contributed by atoms with van der Waals surface area (Å²) >= 11 is 0. The average Bonchev–Trinajstić information content (AvgIpc) is 2.56. The fraction of sp³-hybridized carbons (Fsp3) is 0.667. The number of aliphatic hydroxyl groups is 2. The summed E-state index contributed by atoms with van der Waals surface area (Å²) in [4.78, 5) is 4.34. The first-order valence-electron chi connectivity index (χ1n) is 8.81. The summed E-state index contributed by atoms with van der Waals surface area (Å²) in [5, 5.41) is 20.1. The van der Waals surface area contributed by atoms with Gasteiger partial charge >= 0.3 is 6.18 Å². The van der Waals surface area contributed by atoms with Gasteiger partial charge in [0, 0.05) is 38.8 Å². The van der Waals surface area contributed by atoms with Crippen LogP contribution in [-0.2, 0) is 12.7 Å². The van der Waals surface area contributed by atoms with Crippen LogP contribution in [0.2, 0.25) is 0 Å². The summed E-state index contributed by atoms with van der Waals surface area (Å²) in [6.45, 7) is 3.48. The summed E-state index contributed by atoms with van der Waals surface area (Å²) in [6, 6.07) is 5.34. The van der Waals surface area contributed by atoms with Crippen molar-refractivity contribution in [3.63, 3.8) is 0 Å². The number of rotatable bonds is 3. The lowest BCUT2D eigenvalue weighted by atomic mass is 9.96. The topological polar surface area (TPSA) is 46.9 Å². The van der Waals surface area contributed by atoms with Crippen molar-refractivity contribution in [2.24, 2.45) is 0 Å². The Morgan fingerprint density at radius 1 is 0.960 bits per heavy atom. The first-order valence-corrected chi connectivity index (χ1v) is 8.81. The molecule has 7 heteroatoms. The highest BCUT2D eigenvalue weighted by Crippen LogP contribution is 2.29. The minimum atomic E-state index is -4.31. The fourth-order valence-corrected chi connectivity index (χ4v) is 3.83. The van der Waals surface area contributed by atoms with Crippen molar-refractivity contribution in [3.8, 4) is 0 Å². The van der Waals surface area contributed by atoms with Crippen molar-refractivity contribution in [1.29, 1.82) is 0 Å². The number of alkyl halides is 3. The molecule has 1 aromatic rings. The fourth-order valence-electron chi connectivity index (χ4n) is 3.83. The van der Waals surface area contributed by atoms with E-state index in [2.05, 4.69) is 9.80 Å². The smallest absolute Gasteiger partial charge is 0.393 e. The molecule has 3 rings (SSSR count). The van der Waals surface area contributed by atoms with Crippen molar-refractivity contribution in [2.75, 3.05) is 26.2 Å². The number of piperidine rings is 2. The Morgan fingerprint density at radius 2 is 1.60 bits per heavy atom. The van der Waals surface area contributed by atoms with Gasteiger partial charge in [0.1, 0.15) is 0 Å². The van der Waals surface area contributed by atoms with E-state index in [9.17, 15) is 23.4 Å². The van der Waals surface area contributed by atoms with Crippen molar-refractivity contribution < 1.29 is 23.4 Å². The van der Waals surface area contributed by atoms with Crippen molar-refractivity contribution in [3.05, 3.63) is 35.4 Å². The molecule has 2 N–H and O–H groups in total. The number of hydrogen-bond acceptors (Lipinski definition) is 4. The van der Waals surface area contributed by atoms with E-state index < -0.39 is 17.8 Å². The highest BCUT2D eigenvalue weighted by molar-refractivity contribution is 5.24. The maximum atomic E-state index is 12.6. The second-order valence-corrected chi connectivity index (χ2v) is 7.12. The molecule has 1 aromatic carbocycles. The van der Waals surface area contributed by atoms with Gasteiger partial charge in [-0.3, -0.25) is 9.80 Å².